The highest BCUT2D eigenvalue weighted by atomic mass is 32.1. The molecule has 1 aromatic rings. The number of rotatable bonds is 5. The number of methoxy groups -OCH3 is 1. The van der Waals surface area contributed by atoms with Crippen LogP contribution in [-0.2, 0) is 16.0 Å². The molecule has 5 heteroatoms. The van der Waals surface area contributed by atoms with Crippen molar-refractivity contribution in [2.24, 2.45) is 5.92 Å². The zero-order valence-corrected chi connectivity index (χ0v) is 12.5. The molecule has 1 heterocycles. The average Bonchev–Trinajstić information content (AvgIpc) is 2.83. The van der Waals surface area contributed by atoms with Crippen molar-refractivity contribution in [3.63, 3.8) is 0 Å². The van der Waals surface area contributed by atoms with Crippen molar-refractivity contribution < 1.29 is 9.53 Å². The van der Waals surface area contributed by atoms with Gasteiger partial charge in [-0.25, -0.2) is 4.98 Å². The zero-order chi connectivity index (χ0) is 13.7. The third-order valence-electron chi connectivity index (χ3n) is 3.63. The maximum atomic E-state index is 11.1. The number of anilines is 1. The predicted octanol–water partition coefficient (Wildman–Crippen LogP) is 3.24. The van der Waals surface area contributed by atoms with E-state index in [1.54, 1.807) is 11.3 Å². The van der Waals surface area contributed by atoms with Crippen LogP contribution in [0.25, 0.3) is 0 Å². The van der Waals surface area contributed by atoms with E-state index in [9.17, 15) is 4.79 Å². The highest BCUT2D eigenvalue weighted by molar-refractivity contribution is 7.13. The molecule has 1 saturated carbocycles. The van der Waals surface area contributed by atoms with Crippen molar-refractivity contribution in [2.75, 3.05) is 12.4 Å². The fourth-order valence-electron chi connectivity index (χ4n) is 2.56. The molecule has 1 aromatic heterocycles. The maximum Gasteiger partial charge on any atom is 0.305 e. The summed E-state index contributed by atoms with van der Waals surface area (Å²) in [6.45, 7) is 2.32. The summed E-state index contributed by atoms with van der Waals surface area (Å²) in [4.78, 5) is 15.6. The Morgan fingerprint density at radius 1 is 1.58 bits per heavy atom. The number of carbonyl (C=O) groups excluding carboxylic acids is 1. The Hall–Kier alpha value is -1.10. The maximum absolute atomic E-state index is 11.1. The molecule has 0 radical (unpaired) electrons. The molecule has 1 aliphatic rings. The quantitative estimate of drug-likeness (QED) is 0.842. The molecular formula is C14H22N2O2S. The van der Waals surface area contributed by atoms with Gasteiger partial charge in [0, 0.05) is 17.8 Å². The minimum atomic E-state index is -0.177. The lowest BCUT2D eigenvalue weighted by Crippen LogP contribution is -2.26. The molecule has 1 aliphatic carbocycles. The Morgan fingerprint density at radius 3 is 3.16 bits per heavy atom. The van der Waals surface area contributed by atoms with Gasteiger partial charge in [-0.15, -0.1) is 11.3 Å². The first-order valence-corrected chi connectivity index (χ1v) is 7.83. The zero-order valence-electron chi connectivity index (χ0n) is 11.6. The van der Waals surface area contributed by atoms with Crippen molar-refractivity contribution in [3.05, 3.63) is 11.1 Å². The first-order chi connectivity index (χ1) is 9.17. The third-order valence-corrected chi connectivity index (χ3v) is 4.45. The third kappa shape index (κ3) is 4.49. The molecule has 2 atom stereocenters. The van der Waals surface area contributed by atoms with Gasteiger partial charge in [0.05, 0.1) is 19.2 Å². The first-order valence-electron chi connectivity index (χ1n) is 6.95. The van der Waals surface area contributed by atoms with E-state index in [1.165, 1.54) is 32.8 Å². The average molecular weight is 282 g/mol. The standard InChI is InChI=1S/C14H22N2O2S/c1-10-4-3-5-11(8-10)15-14-16-12(9-19-14)6-7-13(17)18-2/h9-11H,3-8H2,1-2H3,(H,15,16). The Balaban J connectivity index is 1.81. The fraction of sp³-hybridized carbons (Fsp3) is 0.714. The predicted molar refractivity (Wildman–Crippen MR) is 77.5 cm³/mol. The van der Waals surface area contributed by atoms with Crippen molar-refractivity contribution in [1.82, 2.24) is 4.98 Å². The number of aryl methyl sites for hydroxylation is 1. The van der Waals surface area contributed by atoms with E-state index in [0.29, 0.717) is 18.9 Å². The fourth-order valence-corrected chi connectivity index (χ4v) is 3.38. The molecule has 0 aromatic carbocycles. The van der Waals surface area contributed by atoms with Crippen molar-refractivity contribution in [2.45, 2.75) is 51.5 Å². The van der Waals surface area contributed by atoms with Crippen LogP contribution in [-0.4, -0.2) is 24.1 Å². The van der Waals surface area contributed by atoms with E-state index in [2.05, 4.69) is 22.0 Å². The topological polar surface area (TPSA) is 51.2 Å². The SMILES string of the molecule is COC(=O)CCc1csc(NC2CCCC(C)C2)n1. The Morgan fingerprint density at radius 2 is 2.42 bits per heavy atom. The summed E-state index contributed by atoms with van der Waals surface area (Å²) in [5.41, 5.74) is 0.974. The van der Waals surface area contributed by atoms with E-state index in [1.807, 2.05) is 5.38 Å². The highest BCUT2D eigenvalue weighted by Gasteiger charge is 2.19. The molecule has 4 nitrogen and oxygen atoms in total. The van der Waals surface area contributed by atoms with E-state index in [4.69, 9.17) is 0 Å². The van der Waals surface area contributed by atoms with E-state index < -0.39 is 0 Å². The lowest BCUT2D eigenvalue weighted by atomic mass is 9.87. The van der Waals surface area contributed by atoms with E-state index in [0.717, 1.165) is 16.7 Å². The number of esters is 1. The molecule has 2 unspecified atom stereocenters. The van der Waals surface area contributed by atoms with E-state index >= 15 is 0 Å². The molecule has 0 aliphatic heterocycles. The van der Waals surface area contributed by atoms with Gasteiger partial charge in [-0.05, 0) is 18.8 Å². The lowest BCUT2D eigenvalue weighted by molar-refractivity contribution is -0.140. The van der Waals surface area contributed by atoms with Gasteiger partial charge < -0.3 is 10.1 Å². The van der Waals surface area contributed by atoms with Gasteiger partial charge in [0.1, 0.15) is 0 Å². The Labute approximate surface area is 118 Å². The molecule has 0 spiro atoms. The molecule has 19 heavy (non-hydrogen) atoms. The molecule has 106 valence electrons. The summed E-state index contributed by atoms with van der Waals surface area (Å²) in [5.74, 6) is 0.633. The lowest BCUT2D eigenvalue weighted by Gasteiger charge is -2.27. The summed E-state index contributed by atoms with van der Waals surface area (Å²) in [7, 11) is 1.42. The van der Waals surface area contributed by atoms with Crippen molar-refractivity contribution >= 4 is 22.4 Å². The summed E-state index contributed by atoms with van der Waals surface area (Å²) < 4.78 is 4.63. The normalized spacial score (nSPS) is 23.1. The number of thiazole rings is 1. The Bertz CT molecular complexity index is 419. The van der Waals surface area contributed by atoms with Gasteiger partial charge in [-0.2, -0.15) is 0 Å². The summed E-state index contributed by atoms with van der Waals surface area (Å²) in [5, 5.41) is 6.53. The minimum absolute atomic E-state index is 0.177. The molecule has 0 bridgehead atoms. The number of carbonyl (C=O) groups is 1. The molecule has 2 rings (SSSR count). The van der Waals surface area contributed by atoms with Crippen LogP contribution in [0.15, 0.2) is 5.38 Å². The van der Waals surface area contributed by atoms with Crippen LogP contribution in [0, 0.1) is 5.92 Å². The van der Waals surface area contributed by atoms with Crippen LogP contribution in [0.1, 0.15) is 44.7 Å². The van der Waals surface area contributed by atoms with Gasteiger partial charge in [-0.1, -0.05) is 19.8 Å². The van der Waals surface area contributed by atoms with Crippen LogP contribution in [0.2, 0.25) is 0 Å². The van der Waals surface area contributed by atoms with Crippen LogP contribution in [0.5, 0.6) is 0 Å². The number of hydrogen-bond acceptors (Lipinski definition) is 5. The number of nitrogens with one attached hydrogen (secondary N) is 1. The monoisotopic (exact) mass is 282 g/mol. The number of ether oxygens (including phenoxy) is 1. The largest absolute Gasteiger partial charge is 0.469 e. The number of aromatic nitrogens is 1. The summed E-state index contributed by atoms with van der Waals surface area (Å²) in [6, 6.07) is 0.559. The molecule has 1 fully saturated rings. The molecule has 1 N–H and O–H groups in total. The van der Waals surface area contributed by atoms with Gasteiger partial charge >= 0.3 is 5.97 Å². The summed E-state index contributed by atoms with van der Waals surface area (Å²) >= 11 is 1.63. The van der Waals surface area contributed by atoms with Crippen molar-refractivity contribution in [3.8, 4) is 0 Å². The van der Waals surface area contributed by atoms with Crippen LogP contribution >= 0.6 is 11.3 Å². The molecular weight excluding hydrogens is 260 g/mol. The van der Waals surface area contributed by atoms with Crippen molar-refractivity contribution in [1.29, 1.82) is 0 Å². The van der Waals surface area contributed by atoms with E-state index in [-0.39, 0.29) is 5.97 Å². The number of hydrogen-bond donors (Lipinski definition) is 1. The second-order valence-corrected chi connectivity index (χ2v) is 6.19. The van der Waals surface area contributed by atoms with Crippen LogP contribution < -0.4 is 5.32 Å². The molecule has 0 amide bonds. The minimum Gasteiger partial charge on any atom is -0.469 e. The second-order valence-electron chi connectivity index (χ2n) is 5.33. The smallest absolute Gasteiger partial charge is 0.305 e. The Kier molecular flexibility index (Phi) is 5.19. The van der Waals surface area contributed by atoms with Gasteiger partial charge in [0.15, 0.2) is 5.13 Å². The van der Waals surface area contributed by atoms with Crippen LogP contribution in [0.4, 0.5) is 5.13 Å². The van der Waals surface area contributed by atoms with Gasteiger partial charge in [-0.3, -0.25) is 4.79 Å². The number of nitrogens with zero attached hydrogens (tertiary/aromatic N) is 1. The van der Waals surface area contributed by atoms with Crippen LogP contribution in [0.3, 0.4) is 0 Å². The van der Waals surface area contributed by atoms with Gasteiger partial charge in [0.2, 0.25) is 0 Å². The van der Waals surface area contributed by atoms with Gasteiger partial charge in [0.25, 0.3) is 0 Å². The second kappa shape index (κ2) is 6.89. The summed E-state index contributed by atoms with van der Waals surface area (Å²) in [6.07, 6.45) is 6.18. The highest BCUT2D eigenvalue weighted by Crippen LogP contribution is 2.27. The first kappa shape index (κ1) is 14.3. The molecule has 0 saturated heterocycles.